The second-order valence-electron chi connectivity index (χ2n) is 3.40. The van der Waals surface area contributed by atoms with Gasteiger partial charge in [-0.1, -0.05) is 19.1 Å². The summed E-state index contributed by atoms with van der Waals surface area (Å²) in [5.41, 5.74) is -0.454. The van der Waals surface area contributed by atoms with E-state index in [1.807, 2.05) is 0 Å². The predicted octanol–water partition coefficient (Wildman–Crippen LogP) is 3.76. The first-order valence-electron chi connectivity index (χ1n) is 4.82. The van der Waals surface area contributed by atoms with E-state index in [0.29, 0.717) is 12.0 Å². The van der Waals surface area contributed by atoms with Gasteiger partial charge in [0, 0.05) is 6.54 Å². The zero-order valence-electron chi connectivity index (χ0n) is 9.01. The Labute approximate surface area is 94.9 Å². The molecule has 0 aliphatic rings. The average Bonchev–Trinajstić information content (AvgIpc) is 2.33. The Morgan fingerprint density at radius 2 is 1.35 bits per heavy atom. The van der Waals surface area contributed by atoms with Gasteiger partial charge in [0.2, 0.25) is 5.82 Å². The van der Waals surface area contributed by atoms with Gasteiger partial charge in [0.15, 0.2) is 23.3 Å². The van der Waals surface area contributed by atoms with Gasteiger partial charge in [0.05, 0.1) is 0 Å². The van der Waals surface area contributed by atoms with Crippen molar-refractivity contribution in [3.8, 4) is 0 Å². The summed E-state index contributed by atoms with van der Waals surface area (Å²) in [4.78, 5) is 0. The molecule has 0 heterocycles. The van der Waals surface area contributed by atoms with Crippen molar-refractivity contribution in [2.75, 3.05) is 11.9 Å². The van der Waals surface area contributed by atoms with Crippen LogP contribution in [0.25, 0.3) is 0 Å². The fourth-order valence-electron chi connectivity index (χ4n) is 1.10. The van der Waals surface area contributed by atoms with E-state index in [2.05, 4.69) is 11.9 Å². The number of hydrogen-bond acceptors (Lipinski definition) is 1. The molecule has 0 aliphatic heterocycles. The molecule has 0 atom stereocenters. The topological polar surface area (TPSA) is 12.0 Å². The van der Waals surface area contributed by atoms with Crippen LogP contribution < -0.4 is 5.32 Å². The Morgan fingerprint density at radius 3 is 1.76 bits per heavy atom. The molecule has 1 N–H and O–H groups in total. The minimum Gasteiger partial charge on any atom is -0.376 e. The number of hydrogen-bond donors (Lipinski definition) is 1. The maximum atomic E-state index is 13.1. The summed E-state index contributed by atoms with van der Waals surface area (Å²) in [6.45, 7) is 5.23. The van der Waals surface area contributed by atoms with E-state index in [-0.39, 0.29) is 6.54 Å². The van der Waals surface area contributed by atoms with Crippen LogP contribution in [0.4, 0.5) is 27.6 Å². The maximum absolute atomic E-state index is 13.1. The van der Waals surface area contributed by atoms with Crippen molar-refractivity contribution >= 4 is 5.69 Å². The summed E-state index contributed by atoms with van der Waals surface area (Å²) in [6.07, 6.45) is 0.530. The minimum absolute atomic E-state index is 0.0607. The largest absolute Gasteiger partial charge is 0.376 e. The number of anilines is 1. The smallest absolute Gasteiger partial charge is 0.200 e. The Kier molecular flexibility index (Phi) is 4.09. The molecular formula is C11H10F5N. The van der Waals surface area contributed by atoms with Crippen molar-refractivity contribution in [3.05, 3.63) is 41.2 Å². The summed E-state index contributed by atoms with van der Waals surface area (Å²) in [7, 11) is 0. The van der Waals surface area contributed by atoms with E-state index < -0.39 is 34.8 Å². The van der Waals surface area contributed by atoms with Crippen LogP contribution in [-0.4, -0.2) is 6.54 Å². The molecule has 0 saturated heterocycles. The first-order valence-corrected chi connectivity index (χ1v) is 4.82. The van der Waals surface area contributed by atoms with Gasteiger partial charge in [-0.2, -0.15) is 0 Å². The first-order chi connectivity index (χ1) is 7.90. The van der Waals surface area contributed by atoms with Gasteiger partial charge in [-0.25, -0.2) is 22.0 Å². The van der Waals surface area contributed by atoms with E-state index in [1.54, 1.807) is 6.92 Å². The highest BCUT2D eigenvalue weighted by Crippen LogP contribution is 2.27. The number of nitrogens with one attached hydrogen (secondary N) is 1. The summed E-state index contributed by atoms with van der Waals surface area (Å²) >= 11 is 0. The van der Waals surface area contributed by atoms with Crippen LogP contribution in [0.1, 0.15) is 13.3 Å². The third-order valence-corrected chi connectivity index (χ3v) is 2.22. The fourth-order valence-corrected chi connectivity index (χ4v) is 1.10. The monoisotopic (exact) mass is 251 g/mol. The van der Waals surface area contributed by atoms with Gasteiger partial charge in [0.1, 0.15) is 5.69 Å². The molecule has 94 valence electrons. The van der Waals surface area contributed by atoms with Crippen LogP contribution >= 0.6 is 0 Å². The molecule has 0 saturated carbocycles. The van der Waals surface area contributed by atoms with Crippen LogP contribution in [0.3, 0.4) is 0 Å². The summed E-state index contributed by atoms with van der Waals surface area (Å²) in [6, 6.07) is 0. The van der Waals surface area contributed by atoms with Crippen molar-refractivity contribution in [1.82, 2.24) is 0 Å². The fraction of sp³-hybridized carbons (Fsp3) is 0.273. The Balaban J connectivity index is 3.12. The van der Waals surface area contributed by atoms with Crippen LogP contribution in [-0.2, 0) is 0 Å². The molecule has 1 aromatic carbocycles. The van der Waals surface area contributed by atoms with E-state index in [4.69, 9.17) is 0 Å². The molecule has 0 bridgehead atoms. The molecular weight excluding hydrogens is 241 g/mol. The Bertz CT molecular complexity index is 427. The number of rotatable bonds is 4. The van der Waals surface area contributed by atoms with Gasteiger partial charge in [-0.15, -0.1) is 0 Å². The molecule has 0 spiro atoms. The lowest BCUT2D eigenvalue weighted by atomic mass is 10.2. The molecule has 0 aliphatic carbocycles. The maximum Gasteiger partial charge on any atom is 0.200 e. The molecule has 0 fully saturated rings. The van der Waals surface area contributed by atoms with E-state index >= 15 is 0 Å². The summed E-state index contributed by atoms with van der Waals surface area (Å²) in [5, 5.41) is 2.14. The summed E-state index contributed by atoms with van der Waals surface area (Å²) < 4.78 is 64.5. The van der Waals surface area contributed by atoms with Crippen molar-refractivity contribution in [1.29, 1.82) is 0 Å². The standard InChI is InChI=1S/C11H10F5N/c1-3-5(2)4-17-11-9(15)7(13)6(12)8(14)10(11)16/h17H,2-4H2,1H3. The highest BCUT2D eigenvalue weighted by atomic mass is 19.2. The highest BCUT2D eigenvalue weighted by molar-refractivity contribution is 5.48. The second-order valence-corrected chi connectivity index (χ2v) is 3.40. The Hall–Kier alpha value is -1.59. The second kappa shape index (κ2) is 5.16. The first kappa shape index (κ1) is 13.5. The van der Waals surface area contributed by atoms with Crippen LogP contribution in [0.5, 0.6) is 0 Å². The lowest BCUT2D eigenvalue weighted by molar-refractivity contribution is 0.381. The van der Waals surface area contributed by atoms with Gasteiger partial charge in [-0.05, 0) is 6.42 Å². The van der Waals surface area contributed by atoms with Crippen LogP contribution in [0.2, 0.25) is 0 Å². The molecule has 1 nitrogen and oxygen atoms in total. The molecule has 17 heavy (non-hydrogen) atoms. The van der Waals surface area contributed by atoms with E-state index in [9.17, 15) is 22.0 Å². The van der Waals surface area contributed by atoms with Gasteiger partial charge in [-0.3, -0.25) is 0 Å². The summed E-state index contributed by atoms with van der Waals surface area (Å²) in [5.74, 6) is -9.84. The third kappa shape index (κ3) is 2.57. The van der Waals surface area contributed by atoms with E-state index in [1.165, 1.54) is 0 Å². The van der Waals surface area contributed by atoms with Crippen LogP contribution in [0, 0.1) is 29.1 Å². The van der Waals surface area contributed by atoms with E-state index in [0.717, 1.165) is 0 Å². The predicted molar refractivity (Wildman–Crippen MR) is 54.2 cm³/mol. The lowest BCUT2D eigenvalue weighted by Crippen LogP contribution is -2.11. The van der Waals surface area contributed by atoms with Crippen molar-refractivity contribution in [2.24, 2.45) is 0 Å². The third-order valence-electron chi connectivity index (χ3n) is 2.22. The van der Waals surface area contributed by atoms with Gasteiger partial charge in [0.25, 0.3) is 0 Å². The van der Waals surface area contributed by atoms with Crippen LogP contribution in [0.15, 0.2) is 12.2 Å². The quantitative estimate of drug-likeness (QED) is 0.372. The van der Waals surface area contributed by atoms with Crippen molar-refractivity contribution in [3.63, 3.8) is 0 Å². The highest BCUT2D eigenvalue weighted by Gasteiger charge is 2.25. The average molecular weight is 251 g/mol. The molecule has 1 rings (SSSR count). The zero-order chi connectivity index (χ0) is 13.2. The van der Waals surface area contributed by atoms with Crippen molar-refractivity contribution in [2.45, 2.75) is 13.3 Å². The zero-order valence-corrected chi connectivity index (χ0v) is 9.01. The van der Waals surface area contributed by atoms with Gasteiger partial charge >= 0.3 is 0 Å². The van der Waals surface area contributed by atoms with Crippen molar-refractivity contribution < 1.29 is 22.0 Å². The molecule has 0 amide bonds. The number of benzene rings is 1. The van der Waals surface area contributed by atoms with Gasteiger partial charge < -0.3 is 5.32 Å². The molecule has 6 heteroatoms. The molecule has 0 radical (unpaired) electrons. The molecule has 0 aromatic heterocycles. The molecule has 1 aromatic rings. The lowest BCUT2D eigenvalue weighted by Gasteiger charge is -2.11. The SMILES string of the molecule is C=C(CC)CNc1c(F)c(F)c(F)c(F)c1F. The minimum atomic E-state index is -2.17. The normalized spacial score (nSPS) is 10.5. The number of halogens is 5. The molecule has 0 unspecified atom stereocenters. The Morgan fingerprint density at radius 1 is 0.941 bits per heavy atom.